The van der Waals surface area contributed by atoms with Crippen molar-refractivity contribution in [3.8, 4) is 5.75 Å². The van der Waals surface area contributed by atoms with Crippen LogP contribution in [0.3, 0.4) is 0 Å². The molecule has 190 valence electrons. The number of carbonyl (C=O) groups excluding carboxylic acids is 1. The molecule has 1 saturated heterocycles. The molecule has 6 heteroatoms. The van der Waals surface area contributed by atoms with Gasteiger partial charge in [-0.1, -0.05) is 38.5 Å². The van der Waals surface area contributed by atoms with E-state index in [0.29, 0.717) is 19.4 Å². The molecule has 0 N–H and O–H groups in total. The van der Waals surface area contributed by atoms with Gasteiger partial charge in [0.15, 0.2) is 12.0 Å². The number of ether oxygens (including phenoxy) is 2. The third-order valence-electron chi connectivity index (χ3n) is 8.58. The topological polar surface area (TPSA) is 64.0 Å². The highest BCUT2D eigenvalue weighted by molar-refractivity contribution is 6.02. The maximum atomic E-state index is 14.5. The van der Waals surface area contributed by atoms with Gasteiger partial charge in [0.25, 0.3) is 0 Å². The summed E-state index contributed by atoms with van der Waals surface area (Å²) in [6.45, 7) is 8.97. The molecule has 1 spiro atoms. The van der Waals surface area contributed by atoms with E-state index in [0.717, 1.165) is 42.7 Å². The van der Waals surface area contributed by atoms with Gasteiger partial charge in [0.2, 0.25) is 5.91 Å². The van der Waals surface area contributed by atoms with Crippen molar-refractivity contribution in [1.82, 2.24) is 9.88 Å². The minimum atomic E-state index is -0.808. The van der Waals surface area contributed by atoms with Crippen LogP contribution in [0, 0.1) is 11.3 Å². The Hall–Kier alpha value is -2.99. The Kier molecular flexibility index (Phi) is 6.73. The quantitative estimate of drug-likeness (QED) is 0.414. The normalized spacial score (nSPS) is 31.1. The first-order valence-corrected chi connectivity index (χ1v) is 13.2. The smallest absolute Gasteiger partial charge is 0.232 e. The lowest BCUT2D eigenvalue weighted by Crippen LogP contribution is -2.52. The Morgan fingerprint density at radius 1 is 1.22 bits per heavy atom. The van der Waals surface area contributed by atoms with Crippen molar-refractivity contribution < 1.29 is 14.3 Å². The molecule has 1 aromatic heterocycles. The van der Waals surface area contributed by atoms with E-state index in [4.69, 9.17) is 14.5 Å². The zero-order valence-electron chi connectivity index (χ0n) is 21.7. The monoisotopic (exact) mass is 487 g/mol. The number of fused-ring (bicyclic) bond motifs is 1. The van der Waals surface area contributed by atoms with Crippen molar-refractivity contribution in [2.75, 3.05) is 7.11 Å². The number of amides is 1. The first-order valence-electron chi connectivity index (χ1n) is 13.2. The maximum Gasteiger partial charge on any atom is 0.232 e. The number of likely N-dealkylation sites (tertiary alicyclic amines) is 1. The fourth-order valence-corrected chi connectivity index (χ4v) is 6.56. The van der Waals surface area contributed by atoms with Gasteiger partial charge in [-0.3, -0.25) is 14.8 Å². The van der Waals surface area contributed by atoms with E-state index in [1.54, 1.807) is 19.5 Å². The van der Waals surface area contributed by atoms with Gasteiger partial charge in [-0.05, 0) is 72.9 Å². The molecule has 5 rings (SSSR count). The van der Waals surface area contributed by atoms with Crippen LogP contribution in [0.4, 0.5) is 0 Å². The number of methoxy groups -OCH3 is 1. The molecular weight excluding hydrogens is 450 g/mol. The SMILES string of the molecule is C=CC[C@]12C[C@@]3(O[C@H](CCCC)N=C3C[C@H](c3ccc(OC)cc3)[C@H]1C)N(Cc1ccncc1)C2=O. The summed E-state index contributed by atoms with van der Waals surface area (Å²) < 4.78 is 12.3. The molecule has 0 unspecified atom stereocenters. The lowest BCUT2D eigenvalue weighted by atomic mass is 9.66. The molecule has 1 aromatic carbocycles. The van der Waals surface area contributed by atoms with Crippen LogP contribution in [0.1, 0.15) is 69.4 Å². The van der Waals surface area contributed by atoms with E-state index in [1.807, 2.05) is 35.2 Å². The van der Waals surface area contributed by atoms with Crippen LogP contribution in [-0.2, 0) is 16.1 Å². The predicted molar refractivity (Wildman–Crippen MR) is 141 cm³/mol. The number of aromatic nitrogens is 1. The molecular formula is C30H37N3O3. The van der Waals surface area contributed by atoms with Crippen LogP contribution in [0.25, 0.3) is 0 Å². The van der Waals surface area contributed by atoms with E-state index < -0.39 is 11.1 Å². The number of carbonyl (C=O) groups is 1. The lowest BCUT2D eigenvalue weighted by molar-refractivity contribution is -0.152. The Balaban J connectivity index is 1.61. The average molecular weight is 488 g/mol. The lowest BCUT2D eigenvalue weighted by Gasteiger charge is -2.40. The van der Waals surface area contributed by atoms with Crippen molar-refractivity contribution in [2.24, 2.45) is 16.3 Å². The van der Waals surface area contributed by atoms with Crippen molar-refractivity contribution in [3.63, 3.8) is 0 Å². The largest absolute Gasteiger partial charge is 0.497 e. The summed E-state index contributed by atoms with van der Waals surface area (Å²) in [6, 6.07) is 12.2. The summed E-state index contributed by atoms with van der Waals surface area (Å²) in [6.07, 6.45) is 10.3. The minimum absolute atomic E-state index is 0.0849. The highest BCUT2D eigenvalue weighted by Crippen LogP contribution is 2.60. The van der Waals surface area contributed by atoms with Crippen LogP contribution in [0.2, 0.25) is 0 Å². The average Bonchev–Trinajstić information content (AvgIpc) is 3.33. The predicted octanol–water partition coefficient (Wildman–Crippen LogP) is 5.89. The molecule has 1 amide bonds. The number of pyridine rings is 1. The highest BCUT2D eigenvalue weighted by atomic mass is 16.6. The number of nitrogens with zero attached hydrogens (tertiary/aromatic N) is 3. The number of aliphatic imine (C=N–C) groups is 1. The van der Waals surface area contributed by atoms with Crippen molar-refractivity contribution in [1.29, 1.82) is 0 Å². The summed E-state index contributed by atoms with van der Waals surface area (Å²) in [5.41, 5.74) is 1.87. The third kappa shape index (κ3) is 3.96. The second-order valence-corrected chi connectivity index (χ2v) is 10.5. The Morgan fingerprint density at radius 3 is 2.64 bits per heavy atom. The third-order valence-corrected chi connectivity index (χ3v) is 8.58. The molecule has 3 heterocycles. The van der Waals surface area contributed by atoms with Gasteiger partial charge < -0.3 is 14.4 Å². The van der Waals surface area contributed by atoms with Crippen molar-refractivity contribution >= 4 is 11.6 Å². The highest BCUT2D eigenvalue weighted by Gasteiger charge is 2.68. The van der Waals surface area contributed by atoms with Crippen LogP contribution < -0.4 is 4.74 Å². The Morgan fingerprint density at radius 2 is 1.97 bits per heavy atom. The second-order valence-electron chi connectivity index (χ2n) is 10.5. The fourth-order valence-electron chi connectivity index (χ4n) is 6.56. The van der Waals surface area contributed by atoms with Gasteiger partial charge in [0.1, 0.15) is 5.75 Å². The molecule has 1 saturated carbocycles. The van der Waals surface area contributed by atoms with Crippen molar-refractivity contribution in [3.05, 3.63) is 72.6 Å². The van der Waals surface area contributed by atoms with Gasteiger partial charge in [-0.2, -0.15) is 0 Å². The molecule has 2 bridgehead atoms. The fraction of sp³-hybridized carbons (Fsp3) is 0.500. The van der Waals surface area contributed by atoms with E-state index in [2.05, 4.69) is 37.5 Å². The molecule has 36 heavy (non-hydrogen) atoms. The van der Waals surface area contributed by atoms with E-state index in [-0.39, 0.29) is 24.0 Å². The molecule has 2 aromatic rings. The second kappa shape index (κ2) is 9.81. The van der Waals surface area contributed by atoms with E-state index in [9.17, 15) is 4.79 Å². The molecule has 5 atom stereocenters. The van der Waals surface area contributed by atoms with Crippen LogP contribution in [0.15, 0.2) is 66.4 Å². The van der Waals surface area contributed by atoms with Gasteiger partial charge in [0, 0.05) is 25.4 Å². The molecule has 2 aliphatic heterocycles. The van der Waals surface area contributed by atoms with Gasteiger partial charge >= 0.3 is 0 Å². The molecule has 3 aliphatic rings. The summed E-state index contributed by atoms with van der Waals surface area (Å²) >= 11 is 0. The number of rotatable bonds is 9. The number of allylic oxidation sites excluding steroid dienone is 1. The molecule has 6 nitrogen and oxygen atoms in total. The summed E-state index contributed by atoms with van der Waals surface area (Å²) in [5.74, 6) is 1.21. The van der Waals surface area contributed by atoms with Gasteiger partial charge in [-0.25, -0.2) is 0 Å². The maximum absolute atomic E-state index is 14.5. The van der Waals surface area contributed by atoms with Crippen molar-refractivity contribution in [2.45, 2.75) is 76.8 Å². The van der Waals surface area contributed by atoms with E-state index in [1.165, 1.54) is 5.56 Å². The zero-order chi connectivity index (χ0) is 25.3. The summed E-state index contributed by atoms with van der Waals surface area (Å²) in [7, 11) is 1.68. The zero-order valence-corrected chi connectivity index (χ0v) is 21.7. The Labute approximate surface area is 214 Å². The number of benzene rings is 1. The van der Waals surface area contributed by atoms with Gasteiger partial charge in [0.05, 0.1) is 18.2 Å². The van der Waals surface area contributed by atoms with E-state index >= 15 is 0 Å². The number of hydrogen-bond acceptors (Lipinski definition) is 5. The van der Waals surface area contributed by atoms with Gasteiger partial charge in [-0.15, -0.1) is 6.58 Å². The number of hydrogen-bond donors (Lipinski definition) is 0. The summed E-state index contributed by atoms with van der Waals surface area (Å²) in [5, 5.41) is 0. The van der Waals surface area contributed by atoms with Crippen LogP contribution >= 0.6 is 0 Å². The molecule has 1 aliphatic carbocycles. The first kappa shape index (κ1) is 24.7. The standard InChI is InChI=1S/C30H37N3O3/c1-5-7-8-27-32-26-18-25(23-9-11-24(35-4)12-10-23)21(3)29(15-6-2)20-30(26,36-27)33(28(29)34)19-22-13-16-31-17-14-22/h6,9-14,16-17,21,25,27H,2,5,7-8,15,18-20H2,1,3-4H3/t21-,25+,27-,29+,30+/m1/s1. The Bertz CT molecular complexity index is 1130. The van der Waals surface area contributed by atoms with Crippen LogP contribution in [0.5, 0.6) is 5.75 Å². The summed E-state index contributed by atoms with van der Waals surface area (Å²) in [4.78, 5) is 25.8. The molecule has 2 fully saturated rings. The first-order chi connectivity index (χ1) is 17.5. The molecule has 0 radical (unpaired) electrons. The minimum Gasteiger partial charge on any atom is -0.497 e. The van der Waals surface area contributed by atoms with Crippen LogP contribution in [-0.4, -0.2) is 40.6 Å². The number of unbranched alkanes of at least 4 members (excludes halogenated alkanes) is 1.